The molecule has 0 bridgehead atoms. The molecule has 0 amide bonds. The van der Waals surface area contributed by atoms with Crippen molar-refractivity contribution in [3.8, 4) is 5.75 Å². The molecule has 1 aliphatic heterocycles. The minimum Gasteiger partial charge on any atom is -0.494 e. The molecule has 1 saturated heterocycles. The summed E-state index contributed by atoms with van der Waals surface area (Å²) >= 11 is 0. The average Bonchev–Trinajstić information content (AvgIpc) is 2.31. The Morgan fingerprint density at radius 1 is 1.38 bits per heavy atom. The molecule has 0 aliphatic carbocycles. The van der Waals surface area contributed by atoms with Gasteiger partial charge in [-0.1, -0.05) is 6.07 Å². The Balaban J connectivity index is 2.14. The van der Waals surface area contributed by atoms with E-state index in [2.05, 4.69) is 6.07 Å². The summed E-state index contributed by atoms with van der Waals surface area (Å²) in [6, 6.07) is 6.02. The van der Waals surface area contributed by atoms with Gasteiger partial charge in [-0.05, 0) is 37.3 Å². The maximum Gasteiger partial charge on any atom is 0.121 e. The Hall–Kier alpha value is -1.22. The van der Waals surface area contributed by atoms with Gasteiger partial charge in [0.1, 0.15) is 5.75 Å². The van der Waals surface area contributed by atoms with Crippen LogP contribution in [0, 0.1) is 0 Å². The fourth-order valence-electron chi connectivity index (χ4n) is 2.19. The van der Waals surface area contributed by atoms with Gasteiger partial charge in [-0.15, -0.1) is 0 Å². The number of ether oxygens (including phenoxy) is 2. The molecular weight excluding hydrogens is 202 g/mol. The quantitative estimate of drug-likeness (QED) is 0.798. The van der Waals surface area contributed by atoms with Crippen LogP contribution in [0.1, 0.15) is 31.2 Å². The molecule has 0 radical (unpaired) electrons. The first-order chi connectivity index (χ1) is 7.81. The van der Waals surface area contributed by atoms with Crippen LogP contribution in [0.2, 0.25) is 0 Å². The van der Waals surface area contributed by atoms with Crippen LogP contribution >= 0.6 is 0 Å². The predicted molar refractivity (Wildman–Crippen MR) is 64.8 cm³/mol. The van der Waals surface area contributed by atoms with Gasteiger partial charge in [0.2, 0.25) is 0 Å². The normalized spacial score (nSPS) is 17.3. The predicted octanol–water partition coefficient (Wildman–Crippen LogP) is 2.56. The molecule has 3 nitrogen and oxygen atoms in total. The lowest BCUT2D eigenvalue weighted by molar-refractivity contribution is 0.0854. The zero-order valence-electron chi connectivity index (χ0n) is 9.74. The highest BCUT2D eigenvalue weighted by Crippen LogP contribution is 2.32. The molecule has 1 aliphatic rings. The van der Waals surface area contributed by atoms with Gasteiger partial charge in [-0.2, -0.15) is 0 Å². The maximum atomic E-state index is 6.06. The number of rotatable bonds is 3. The third-order valence-electron chi connectivity index (χ3n) is 3.03. The van der Waals surface area contributed by atoms with Crippen molar-refractivity contribution in [2.24, 2.45) is 0 Å². The standard InChI is InChI=1S/C13H19NO2/c1-2-16-11-3-4-12(13(14)9-11)10-5-7-15-8-6-10/h3-4,9-10H,2,5-8,14H2,1H3. The maximum absolute atomic E-state index is 6.06. The van der Waals surface area contributed by atoms with Gasteiger partial charge in [0, 0.05) is 25.0 Å². The van der Waals surface area contributed by atoms with E-state index in [0.29, 0.717) is 12.5 Å². The molecule has 0 unspecified atom stereocenters. The van der Waals surface area contributed by atoms with E-state index >= 15 is 0 Å². The van der Waals surface area contributed by atoms with Crippen LogP contribution in [0.3, 0.4) is 0 Å². The summed E-state index contributed by atoms with van der Waals surface area (Å²) in [6.45, 7) is 4.34. The van der Waals surface area contributed by atoms with Crippen LogP contribution in [-0.4, -0.2) is 19.8 Å². The molecule has 88 valence electrons. The van der Waals surface area contributed by atoms with Crippen LogP contribution in [0.25, 0.3) is 0 Å². The van der Waals surface area contributed by atoms with E-state index in [4.69, 9.17) is 15.2 Å². The second kappa shape index (κ2) is 5.21. The van der Waals surface area contributed by atoms with Crippen molar-refractivity contribution in [3.63, 3.8) is 0 Å². The first-order valence-electron chi connectivity index (χ1n) is 5.91. The summed E-state index contributed by atoms with van der Waals surface area (Å²) in [5.41, 5.74) is 8.15. The van der Waals surface area contributed by atoms with Crippen LogP contribution in [0.15, 0.2) is 18.2 Å². The monoisotopic (exact) mass is 221 g/mol. The van der Waals surface area contributed by atoms with E-state index in [1.165, 1.54) is 5.56 Å². The lowest BCUT2D eigenvalue weighted by Gasteiger charge is -2.23. The molecule has 2 rings (SSSR count). The highest BCUT2D eigenvalue weighted by atomic mass is 16.5. The molecule has 1 aromatic carbocycles. The molecule has 0 atom stereocenters. The Morgan fingerprint density at radius 3 is 2.75 bits per heavy atom. The van der Waals surface area contributed by atoms with E-state index in [-0.39, 0.29) is 0 Å². The summed E-state index contributed by atoms with van der Waals surface area (Å²) in [7, 11) is 0. The SMILES string of the molecule is CCOc1ccc(C2CCOCC2)c(N)c1. The van der Waals surface area contributed by atoms with Gasteiger partial charge < -0.3 is 15.2 Å². The van der Waals surface area contributed by atoms with E-state index in [9.17, 15) is 0 Å². The Morgan fingerprint density at radius 2 is 2.12 bits per heavy atom. The number of hydrogen-bond acceptors (Lipinski definition) is 3. The van der Waals surface area contributed by atoms with Gasteiger partial charge in [-0.3, -0.25) is 0 Å². The van der Waals surface area contributed by atoms with Crippen molar-refractivity contribution in [2.75, 3.05) is 25.6 Å². The lowest BCUT2D eigenvalue weighted by Crippen LogP contribution is -2.15. The zero-order chi connectivity index (χ0) is 11.4. The molecule has 1 aromatic rings. The number of hydrogen-bond donors (Lipinski definition) is 1. The summed E-state index contributed by atoms with van der Waals surface area (Å²) in [5, 5.41) is 0. The van der Waals surface area contributed by atoms with Crippen LogP contribution in [0.4, 0.5) is 5.69 Å². The Kier molecular flexibility index (Phi) is 3.67. The minimum atomic E-state index is 0.546. The number of nitrogens with two attached hydrogens (primary N) is 1. The largest absolute Gasteiger partial charge is 0.494 e. The van der Waals surface area contributed by atoms with Crippen LogP contribution in [-0.2, 0) is 4.74 Å². The van der Waals surface area contributed by atoms with Crippen molar-refractivity contribution in [2.45, 2.75) is 25.7 Å². The molecule has 0 saturated carbocycles. The van der Waals surface area contributed by atoms with Gasteiger partial charge in [0.25, 0.3) is 0 Å². The Bertz CT molecular complexity index is 346. The summed E-state index contributed by atoms with van der Waals surface area (Å²) in [4.78, 5) is 0. The molecule has 1 heterocycles. The lowest BCUT2D eigenvalue weighted by atomic mass is 9.90. The molecule has 0 spiro atoms. The summed E-state index contributed by atoms with van der Waals surface area (Å²) in [5.74, 6) is 1.40. The van der Waals surface area contributed by atoms with Gasteiger partial charge in [0.05, 0.1) is 6.61 Å². The van der Waals surface area contributed by atoms with E-state index in [1.807, 2.05) is 19.1 Å². The van der Waals surface area contributed by atoms with Crippen molar-refractivity contribution >= 4 is 5.69 Å². The van der Waals surface area contributed by atoms with Crippen molar-refractivity contribution in [1.29, 1.82) is 0 Å². The third-order valence-corrected chi connectivity index (χ3v) is 3.03. The zero-order valence-corrected chi connectivity index (χ0v) is 9.74. The second-order valence-electron chi connectivity index (χ2n) is 4.11. The van der Waals surface area contributed by atoms with E-state index in [1.54, 1.807) is 0 Å². The number of nitrogen functional groups attached to an aromatic ring is 1. The fraction of sp³-hybridized carbons (Fsp3) is 0.538. The number of anilines is 1. The van der Waals surface area contributed by atoms with E-state index < -0.39 is 0 Å². The Labute approximate surface area is 96.5 Å². The molecule has 16 heavy (non-hydrogen) atoms. The highest BCUT2D eigenvalue weighted by Gasteiger charge is 2.18. The highest BCUT2D eigenvalue weighted by molar-refractivity contribution is 5.53. The fourth-order valence-corrected chi connectivity index (χ4v) is 2.19. The number of benzene rings is 1. The van der Waals surface area contributed by atoms with E-state index in [0.717, 1.165) is 37.5 Å². The molecular formula is C13H19NO2. The minimum absolute atomic E-state index is 0.546. The molecule has 0 aromatic heterocycles. The molecule has 1 fully saturated rings. The smallest absolute Gasteiger partial charge is 0.121 e. The second-order valence-corrected chi connectivity index (χ2v) is 4.11. The molecule has 3 heteroatoms. The van der Waals surface area contributed by atoms with Gasteiger partial charge in [0.15, 0.2) is 0 Å². The van der Waals surface area contributed by atoms with Crippen molar-refractivity contribution in [3.05, 3.63) is 23.8 Å². The summed E-state index contributed by atoms with van der Waals surface area (Å²) in [6.07, 6.45) is 2.14. The van der Waals surface area contributed by atoms with Crippen LogP contribution in [0.5, 0.6) is 5.75 Å². The topological polar surface area (TPSA) is 44.5 Å². The van der Waals surface area contributed by atoms with Crippen molar-refractivity contribution < 1.29 is 9.47 Å². The first kappa shape index (κ1) is 11.3. The average molecular weight is 221 g/mol. The summed E-state index contributed by atoms with van der Waals surface area (Å²) < 4.78 is 10.8. The third kappa shape index (κ3) is 2.47. The van der Waals surface area contributed by atoms with Crippen molar-refractivity contribution in [1.82, 2.24) is 0 Å². The first-order valence-corrected chi connectivity index (χ1v) is 5.91. The van der Waals surface area contributed by atoms with Crippen LogP contribution < -0.4 is 10.5 Å². The van der Waals surface area contributed by atoms with Gasteiger partial charge >= 0.3 is 0 Å². The van der Waals surface area contributed by atoms with Gasteiger partial charge in [-0.25, -0.2) is 0 Å². The molecule has 2 N–H and O–H groups in total.